The Morgan fingerprint density at radius 1 is 0.329 bits per heavy atom. The lowest BCUT2D eigenvalue weighted by Gasteiger charge is -2.09. The second-order valence-electron chi connectivity index (χ2n) is 17.7. The van der Waals surface area contributed by atoms with Crippen LogP contribution in [0.4, 0.5) is 0 Å². The summed E-state index contributed by atoms with van der Waals surface area (Å²) < 4.78 is 22.8. The molecule has 0 radical (unpaired) electrons. The molecular formula is C60H50Br4N4O8. The van der Waals surface area contributed by atoms with Crippen molar-refractivity contribution in [1.29, 1.82) is 0 Å². The number of esters is 4. The number of nitrogens with zero attached hydrogens (tertiary/aromatic N) is 2. The minimum Gasteiger partial charge on any atom is -0.427 e. The first-order chi connectivity index (χ1) is 37.1. The van der Waals surface area contributed by atoms with Gasteiger partial charge in [-0.1, -0.05) is 112 Å². The number of ether oxygens (including phenoxy) is 4. The molecule has 0 amide bonds. The number of fused-ring (bicyclic) bond motifs is 8. The topological polar surface area (TPSA) is 163 Å². The van der Waals surface area contributed by atoms with Gasteiger partial charge in [0.2, 0.25) is 0 Å². The van der Waals surface area contributed by atoms with Crippen molar-refractivity contribution in [2.24, 2.45) is 0 Å². The number of aromatic amines is 2. The molecule has 7 aromatic rings. The molecule has 0 fully saturated rings. The van der Waals surface area contributed by atoms with Crippen molar-refractivity contribution < 1.29 is 38.1 Å². The molecule has 12 nitrogen and oxygen atoms in total. The molecule has 4 aromatic carbocycles. The first-order valence-corrected chi connectivity index (χ1v) is 29.2. The molecule has 8 bridgehead atoms. The maximum atomic E-state index is 12.6. The SMILES string of the molecule is O=C(CCCBr)Oc1ccc(-c2c3nc(c(-c4ccc(OC(=O)CCCBr)cc4)c4ccc([nH]4)c(-c4ccc(OC(=O)CCCBr)cc4)c4nc(c(-c5ccc(OC(=O)CCCBr)cc5)c5ccc2[nH]5)C=C4)C=C3)cc1. The molecule has 2 N–H and O–H groups in total. The molecule has 0 saturated heterocycles. The van der Waals surface area contributed by atoms with Gasteiger partial charge in [-0.25, -0.2) is 9.97 Å². The van der Waals surface area contributed by atoms with Crippen LogP contribution in [-0.4, -0.2) is 65.1 Å². The van der Waals surface area contributed by atoms with Gasteiger partial charge in [0, 0.05) is 91.3 Å². The molecule has 3 aromatic heterocycles. The van der Waals surface area contributed by atoms with Gasteiger partial charge in [0.1, 0.15) is 23.0 Å². The number of halogens is 4. The van der Waals surface area contributed by atoms with Crippen LogP contribution in [0.2, 0.25) is 0 Å². The number of carbonyl (C=O) groups excluding carboxylic acids is 4. The number of H-pyrrole nitrogens is 2. The minimum absolute atomic E-state index is 0.287. The van der Waals surface area contributed by atoms with Crippen molar-refractivity contribution in [3.8, 4) is 67.5 Å². The lowest BCUT2D eigenvalue weighted by molar-refractivity contribution is -0.135. The molecule has 0 saturated carbocycles. The molecule has 76 heavy (non-hydrogen) atoms. The van der Waals surface area contributed by atoms with Gasteiger partial charge < -0.3 is 28.9 Å². The average molecular weight is 1270 g/mol. The summed E-state index contributed by atoms with van der Waals surface area (Å²) >= 11 is 13.6. The van der Waals surface area contributed by atoms with E-state index in [4.69, 9.17) is 28.9 Å². The Balaban J connectivity index is 1.29. The van der Waals surface area contributed by atoms with E-state index in [2.05, 4.69) is 73.7 Å². The van der Waals surface area contributed by atoms with Gasteiger partial charge in [-0.05, 0) is 145 Å². The van der Waals surface area contributed by atoms with E-state index < -0.39 is 0 Å². The van der Waals surface area contributed by atoms with Gasteiger partial charge in [-0.15, -0.1) is 0 Å². The van der Waals surface area contributed by atoms with Gasteiger partial charge in [-0.3, -0.25) is 19.2 Å². The molecule has 0 atom stereocenters. The summed E-state index contributed by atoms with van der Waals surface area (Å²) in [6.45, 7) is 0. The quantitative estimate of drug-likeness (QED) is 0.0427. The minimum atomic E-state index is -0.313. The summed E-state index contributed by atoms with van der Waals surface area (Å²) in [7, 11) is 0. The van der Waals surface area contributed by atoms with Crippen molar-refractivity contribution in [3.05, 3.63) is 144 Å². The Labute approximate surface area is 472 Å². The van der Waals surface area contributed by atoms with E-state index in [1.165, 1.54) is 0 Å². The summed E-state index contributed by atoms with van der Waals surface area (Å²) in [4.78, 5) is 68.9. The summed E-state index contributed by atoms with van der Waals surface area (Å²) in [5.41, 5.74) is 12.1. The van der Waals surface area contributed by atoms with Crippen molar-refractivity contribution in [3.63, 3.8) is 0 Å². The fraction of sp³-hybridized carbons (Fsp3) is 0.200. The Morgan fingerprint density at radius 2 is 0.539 bits per heavy atom. The van der Waals surface area contributed by atoms with Gasteiger partial charge in [-0.2, -0.15) is 0 Å². The van der Waals surface area contributed by atoms with Gasteiger partial charge in [0.25, 0.3) is 0 Å². The second-order valence-corrected chi connectivity index (χ2v) is 20.8. The van der Waals surface area contributed by atoms with Crippen LogP contribution in [0.5, 0.6) is 23.0 Å². The Morgan fingerprint density at radius 3 is 0.737 bits per heavy atom. The predicted molar refractivity (Wildman–Crippen MR) is 315 cm³/mol. The molecule has 16 heteroatoms. The van der Waals surface area contributed by atoms with Crippen LogP contribution in [0.3, 0.4) is 0 Å². The summed E-state index contributed by atoms with van der Waals surface area (Å²) in [5.74, 6) is 0.465. The molecule has 2 aliphatic heterocycles. The first kappa shape index (κ1) is 54.1. The highest BCUT2D eigenvalue weighted by Crippen LogP contribution is 2.40. The van der Waals surface area contributed by atoms with Crippen molar-refractivity contribution in [2.75, 3.05) is 21.3 Å². The van der Waals surface area contributed by atoms with Gasteiger partial charge in [0.05, 0.1) is 22.8 Å². The van der Waals surface area contributed by atoms with Crippen LogP contribution in [-0.2, 0) is 19.2 Å². The zero-order valence-electron chi connectivity index (χ0n) is 41.0. The van der Waals surface area contributed by atoms with Crippen molar-refractivity contribution in [2.45, 2.75) is 51.4 Å². The number of carbonyl (C=O) groups is 4. The third kappa shape index (κ3) is 13.3. The number of benzene rings is 4. The molecule has 2 aliphatic rings. The standard InChI is InChI=1S/C60H50Br4N4O8/c61-33-1-5-53(69)73-41-17-9-37(10-18-41)57-45-25-27-47(65-45)58(38-11-19-42(20-12-38)74-54(70)6-2-34-62)49-29-31-51(67-49)60(40-15-23-44(24-16-40)76-56(72)8-4-36-64)52-32-30-50(68-52)59(48-28-26-46(57)66-48)39-13-21-43(22-14-39)75-55(71)7-3-35-63/h9-32,65,68H,1-8,33-36H2. The third-order valence-corrected chi connectivity index (χ3v) is 14.6. The zero-order valence-corrected chi connectivity index (χ0v) is 47.4. The van der Waals surface area contributed by atoms with Crippen LogP contribution in [0.25, 0.3) is 90.9 Å². The lowest BCUT2D eigenvalue weighted by atomic mass is 10.0. The molecule has 5 heterocycles. The first-order valence-electron chi connectivity index (χ1n) is 24.8. The highest BCUT2D eigenvalue weighted by atomic mass is 79.9. The fourth-order valence-electron chi connectivity index (χ4n) is 8.75. The van der Waals surface area contributed by atoms with Crippen molar-refractivity contribution in [1.82, 2.24) is 19.9 Å². The zero-order chi connectivity index (χ0) is 53.0. The predicted octanol–water partition coefficient (Wildman–Crippen LogP) is 15.6. The summed E-state index contributed by atoms with van der Waals surface area (Å²) in [6.07, 6.45) is 11.7. The second kappa shape index (κ2) is 25.9. The molecule has 386 valence electrons. The molecule has 9 rings (SSSR count). The smallest absolute Gasteiger partial charge is 0.311 e. The molecule has 0 unspecified atom stereocenters. The Hall–Kier alpha value is -6.72. The molecule has 0 aliphatic carbocycles. The van der Waals surface area contributed by atoms with E-state index in [1.54, 1.807) is 48.5 Å². The van der Waals surface area contributed by atoms with E-state index in [9.17, 15) is 19.2 Å². The van der Waals surface area contributed by atoms with Crippen LogP contribution in [0, 0.1) is 0 Å². The van der Waals surface area contributed by atoms with E-state index in [0.717, 1.165) is 66.6 Å². The fourth-order valence-corrected chi connectivity index (χ4v) is 9.87. The monoisotopic (exact) mass is 1270 g/mol. The molecule has 0 spiro atoms. The normalized spacial score (nSPS) is 11.6. The highest BCUT2D eigenvalue weighted by Gasteiger charge is 2.21. The number of rotatable bonds is 20. The average Bonchev–Trinajstić information content (AvgIpc) is 4.32. The number of hydrogen-bond donors (Lipinski definition) is 2. The van der Waals surface area contributed by atoms with Crippen molar-refractivity contribution >= 4 is 134 Å². The lowest BCUT2D eigenvalue weighted by Crippen LogP contribution is -2.07. The van der Waals surface area contributed by atoms with Crippen LogP contribution >= 0.6 is 63.7 Å². The van der Waals surface area contributed by atoms with E-state index in [-0.39, 0.29) is 49.6 Å². The van der Waals surface area contributed by atoms with Gasteiger partial charge >= 0.3 is 23.9 Å². The number of aromatic nitrogens is 4. The third-order valence-electron chi connectivity index (χ3n) is 12.3. The van der Waals surface area contributed by atoms with E-state index in [1.807, 2.05) is 97.1 Å². The number of alkyl halides is 4. The molecular weight excluding hydrogens is 1220 g/mol. The Bertz CT molecular complexity index is 3040. The highest BCUT2D eigenvalue weighted by molar-refractivity contribution is 9.09. The van der Waals surface area contributed by atoms with Crippen LogP contribution in [0.15, 0.2) is 121 Å². The maximum absolute atomic E-state index is 12.6. The number of hydrogen-bond acceptors (Lipinski definition) is 10. The van der Waals surface area contributed by atoms with E-state index in [0.29, 0.717) is 92.8 Å². The Kier molecular flexibility index (Phi) is 18.4. The largest absolute Gasteiger partial charge is 0.427 e. The van der Waals surface area contributed by atoms with Crippen LogP contribution < -0.4 is 18.9 Å². The summed E-state index contributed by atoms with van der Waals surface area (Å²) in [5, 5.41) is 2.79. The maximum Gasteiger partial charge on any atom is 0.311 e. The van der Waals surface area contributed by atoms with E-state index >= 15 is 0 Å². The van der Waals surface area contributed by atoms with Gasteiger partial charge in [0.15, 0.2) is 0 Å². The summed E-state index contributed by atoms with van der Waals surface area (Å²) in [6, 6.07) is 37.7. The van der Waals surface area contributed by atoms with Crippen LogP contribution in [0.1, 0.15) is 74.1 Å². The number of nitrogens with one attached hydrogen (secondary N) is 2.